The predicted molar refractivity (Wildman–Crippen MR) is 51.7 cm³/mol. The van der Waals surface area contributed by atoms with Gasteiger partial charge in [0.05, 0.1) is 12.1 Å². The Morgan fingerprint density at radius 3 is 2.60 bits per heavy atom. The molecule has 84 valence electrons. The van der Waals surface area contributed by atoms with Crippen molar-refractivity contribution in [2.75, 3.05) is 0 Å². The summed E-state index contributed by atoms with van der Waals surface area (Å²) in [6.45, 7) is -1.33. The first-order chi connectivity index (χ1) is 7.00. The number of halogens is 2. The van der Waals surface area contributed by atoms with Gasteiger partial charge in [0.2, 0.25) is 0 Å². The molecule has 1 aromatic rings. The lowest BCUT2D eigenvalue weighted by molar-refractivity contribution is -0.0499. The molecule has 1 aromatic carbocycles. The standard InChI is InChI=1S/C10H13F2NO2/c1-6(14)9(13)7-3-2-4-8(5-7)15-10(11)12/h2-6,9-10,14H,13H2,1H3. The number of benzene rings is 1. The average Bonchev–Trinajstić information content (AvgIpc) is 2.16. The second kappa shape index (κ2) is 5.04. The first-order valence-corrected chi connectivity index (χ1v) is 4.49. The topological polar surface area (TPSA) is 55.5 Å². The van der Waals surface area contributed by atoms with E-state index in [1.165, 1.54) is 19.1 Å². The molecular formula is C10H13F2NO2. The second-order valence-electron chi connectivity index (χ2n) is 3.22. The zero-order valence-electron chi connectivity index (χ0n) is 8.23. The van der Waals surface area contributed by atoms with Gasteiger partial charge in [-0.15, -0.1) is 0 Å². The molecule has 2 atom stereocenters. The van der Waals surface area contributed by atoms with E-state index in [1.54, 1.807) is 12.1 Å². The molecule has 1 rings (SSSR count). The van der Waals surface area contributed by atoms with Gasteiger partial charge in [0, 0.05) is 0 Å². The minimum atomic E-state index is -2.86. The first-order valence-electron chi connectivity index (χ1n) is 4.49. The molecule has 0 radical (unpaired) electrons. The normalized spacial score (nSPS) is 15.1. The number of aliphatic hydroxyl groups excluding tert-OH is 1. The van der Waals surface area contributed by atoms with Crippen LogP contribution in [0.1, 0.15) is 18.5 Å². The third kappa shape index (κ3) is 3.45. The van der Waals surface area contributed by atoms with E-state index in [2.05, 4.69) is 4.74 Å². The van der Waals surface area contributed by atoms with Crippen LogP contribution in [0.25, 0.3) is 0 Å². The van der Waals surface area contributed by atoms with Crippen molar-refractivity contribution in [2.24, 2.45) is 5.73 Å². The fourth-order valence-electron chi connectivity index (χ4n) is 1.18. The zero-order chi connectivity index (χ0) is 11.4. The number of rotatable bonds is 4. The van der Waals surface area contributed by atoms with Crippen molar-refractivity contribution in [3.63, 3.8) is 0 Å². The molecule has 0 amide bonds. The second-order valence-corrected chi connectivity index (χ2v) is 3.22. The van der Waals surface area contributed by atoms with Gasteiger partial charge in [-0.1, -0.05) is 12.1 Å². The van der Waals surface area contributed by atoms with E-state index in [1.807, 2.05) is 0 Å². The average molecular weight is 217 g/mol. The fraction of sp³-hybridized carbons (Fsp3) is 0.400. The Kier molecular flexibility index (Phi) is 3.99. The van der Waals surface area contributed by atoms with Gasteiger partial charge in [0.15, 0.2) is 0 Å². The van der Waals surface area contributed by atoms with Gasteiger partial charge in [-0.05, 0) is 24.6 Å². The maximum atomic E-state index is 11.9. The molecule has 0 saturated heterocycles. The van der Waals surface area contributed by atoms with Crippen molar-refractivity contribution in [3.8, 4) is 5.75 Å². The highest BCUT2D eigenvalue weighted by Crippen LogP contribution is 2.21. The molecule has 3 N–H and O–H groups in total. The van der Waals surface area contributed by atoms with Crippen molar-refractivity contribution < 1.29 is 18.6 Å². The quantitative estimate of drug-likeness (QED) is 0.806. The molecule has 0 heterocycles. The van der Waals surface area contributed by atoms with E-state index in [0.29, 0.717) is 5.56 Å². The molecule has 0 spiro atoms. The Labute approximate surface area is 86.5 Å². The first kappa shape index (κ1) is 11.9. The lowest BCUT2D eigenvalue weighted by Gasteiger charge is -2.15. The third-order valence-corrected chi connectivity index (χ3v) is 1.99. The number of ether oxygens (including phenoxy) is 1. The number of alkyl halides is 2. The molecule has 0 aliphatic carbocycles. The number of hydrogen-bond acceptors (Lipinski definition) is 3. The third-order valence-electron chi connectivity index (χ3n) is 1.99. The molecule has 3 nitrogen and oxygen atoms in total. The maximum Gasteiger partial charge on any atom is 0.387 e. The molecule has 0 aliphatic heterocycles. The molecule has 0 aliphatic rings. The molecule has 0 aromatic heterocycles. The monoisotopic (exact) mass is 217 g/mol. The lowest BCUT2D eigenvalue weighted by Crippen LogP contribution is -2.23. The van der Waals surface area contributed by atoms with Crippen molar-refractivity contribution in [1.82, 2.24) is 0 Å². The summed E-state index contributed by atoms with van der Waals surface area (Å²) in [6.07, 6.45) is -0.744. The van der Waals surface area contributed by atoms with Crippen LogP contribution in [0.2, 0.25) is 0 Å². The summed E-state index contributed by atoms with van der Waals surface area (Å²) in [6, 6.07) is 5.39. The summed E-state index contributed by atoms with van der Waals surface area (Å²) < 4.78 is 28.0. The van der Waals surface area contributed by atoms with Crippen molar-refractivity contribution in [2.45, 2.75) is 25.7 Å². The largest absolute Gasteiger partial charge is 0.435 e. The van der Waals surface area contributed by atoms with Crippen LogP contribution in [-0.4, -0.2) is 17.8 Å². The summed E-state index contributed by atoms with van der Waals surface area (Å²) in [4.78, 5) is 0. The summed E-state index contributed by atoms with van der Waals surface area (Å²) in [5.41, 5.74) is 6.20. The van der Waals surface area contributed by atoms with Crippen molar-refractivity contribution >= 4 is 0 Å². The van der Waals surface area contributed by atoms with E-state index in [9.17, 15) is 13.9 Å². The SMILES string of the molecule is CC(O)C(N)c1cccc(OC(F)F)c1. The van der Waals surface area contributed by atoms with Crippen LogP contribution in [-0.2, 0) is 0 Å². The van der Waals surface area contributed by atoms with E-state index < -0.39 is 18.8 Å². The predicted octanol–water partition coefficient (Wildman–Crippen LogP) is 1.67. The molecule has 0 bridgehead atoms. The number of aliphatic hydroxyl groups is 1. The van der Waals surface area contributed by atoms with Gasteiger partial charge in [0.1, 0.15) is 5.75 Å². The van der Waals surface area contributed by atoms with E-state index >= 15 is 0 Å². The fourth-order valence-corrected chi connectivity index (χ4v) is 1.18. The Bertz CT molecular complexity index is 318. The van der Waals surface area contributed by atoms with E-state index in [4.69, 9.17) is 5.73 Å². The van der Waals surface area contributed by atoms with Crippen molar-refractivity contribution in [1.29, 1.82) is 0 Å². The number of hydrogen-bond donors (Lipinski definition) is 2. The van der Waals surface area contributed by atoms with Crippen LogP contribution in [0.3, 0.4) is 0 Å². The molecule has 2 unspecified atom stereocenters. The highest BCUT2D eigenvalue weighted by Gasteiger charge is 2.13. The van der Waals surface area contributed by atoms with Gasteiger partial charge in [-0.25, -0.2) is 0 Å². The highest BCUT2D eigenvalue weighted by molar-refractivity contribution is 5.30. The molecule has 0 fully saturated rings. The van der Waals surface area contributed by atoms with Gasteiger partial charge in [-0.3, -0.25) is 0 Å². The minimum Gasteiger partial charge on any atom is -0.435 e. The van der Waals surface area contributed by atoms with Gasteiger partial charge < -0.3 is 15.6 Å². The Morgan fingerprint density at radius 2 is 2.07 bits per heavy atom. The number of nitrogens with two attached hydrogens (primary N) is 1. The van der Waals surface area contributed by atoms with Crippen LogP contribution < -0.4 is 10.5 Å². The van der Waals surface area contributed by atoms with Crippen LogP contribution in [0, 0.1) is 0 Å². The highest BCUT2D eigenvalue weighted by atomic mass is 19.3. The Balaban J connectivity index is 2.82. The van der Waals surface area contributed by atoms with Crippen LogP contribution >= 0.6 is 0 Å². The van der Waals surface area contributed by atoms with Crippen molar-refractivity contribution in [3.05, 3.63) is 29.8 Å². The molecule has 15 heavy (non-hydrogen) atoms. The Hall–Kier alpha value is -1.20. The maximum absolute atomic E-state index is 11.9. The zero-order valence-corrected chi connectivity index (χ0v) is 8.23. The molecular weight excluding hydrogens is 204 g/mol. The Morgan fingerprint density at radius 1 is 1.40 bits per heavy atom. The van der Waals surface area contributed by atoms with Gasteiger partial charge in [0.25, 0.3) is 0 Å². The summed E-state index contributed by atoms with van der Waals surface area (Å²) in [5.74, 6) is 0.0404. The molecule has 5 heteroatoms. The lowest BCUT2D eigenvalue weighted by atomic mass is 10.0. The minimum absolute atomic E-state index is 0.0404. The summed E-state index contributed by atoms with van der Waals surface area (Å²) in [7, 11) is 0. The van der Waals surface area contributed by atoms with E-state index in [0.717, 1.165) is 0 Å². The summed E-state index contributed by atoms with van der Waals surface area (Å²) in [5, 5.41) is 9.23. The van der Waals surface area contributed by atoms with Crippen LogP contribution in [0.4, 0.5) is 8.78 Å². The smallest absolute Gasteiger partial charge is 0.387 e. The van der Waals surface area contributed by atoms with Crippen LogP contribution in [0.15, 0.2) is 24.3 Å². The van der Waals surface area contributed by atoms with Crippen LogP contribution in [0.5, 0.6) is 5.75 Å². The van der Waals surface area contributed by atoms with E-state index in [-0.39, 0.29) is 5.75 Å². The van der Waals surface area contributed by atoms with Gasteiger partial charge in [-0.2, -0.15) is 8.78 Å². The van der Waals surface area contributed by atoms with Gasteiger partial charge >= 0.3 is 6.61 Å². The molecule has 0 saturated carbocycles. The summed E-state index contributed by atoms with van der Waals surface area (Å²) >= 11 is 0.